The van der Waals surface area contributed by atoms with Crippen LogP contribution in [-0.4, -0.2) is 10.9 Å². The normalized spacial score (nSPS) is 10.2. The maximum absolute atomic E-state index is 11.2. The van der Waals surface area contributed by atoms with E-state index in [0.717, 1.165) is 15.4 Å². The Bertz CT molecular complexity index is 491. The number of aromatic nitrogens is 1. The number of rotatable bonds is 2. The Morgan fingerprint density at radius 3 is 2.60 bits per heavy atom. The largest absolute Gasteiger partial charge is 0.364 e. The number of nitrogens with zero attached hydrogens (tertiary/aromatic N) is 1. The zero-order valence-corrected chi connectivity index (χ0v) is 9.04. The van der Waals surface area contributed by atoms with E-state index >= 15 is 0 Å². The summed E-state index contributed by atoms with van der Waals surface area (Å²) in [6.07, 6.45) is 0. The summed E-state index contributed by atoms with van der Waals surface area (Å²) in [5.74, 6) is -0.474. The lowest BCUT2D eigenvalue weighted by molar-refractivity contribution is 0.0996. The number of aryl methyl sites for hydroxylation is 1. The summed E-state index contributed by atoms with van der Waals surface area (Å²) in [6, 6.07) is 9.67. The molecule has 1 heterocycles. The number of amides is 1. The summed E-state index contributed by atoms with van der Waals surface area (Å²) in [4.78, 5) is 16.2. The van der Waals surface area contributed by atoms with Crippen LogP contribution < -0.4 is 5.73 Å². The highest BCUT2D eigenvalue weighted by atomic mass is 32.1. The Hall–Kier alpha value is -1.68. The van der Waals surface area contributed by atoms with E-state index in [0.29, 0.717) is 5.69 Å². The minimum absolute atomic E-state index is 0.365. The molecule has 0 saturated heterocycles. The van der Waals surface area contributed by atoms with Gasteiger partial charge in [0.05, 0.1) is 9.88 Å². The maximum Gasteiger partial charge on any atom is 0.268 e. The molecule has 2 rings (SSSR count). The van der Waals surface area contributed by atoms with Gasteiger partial charge in [-0.05, 0) is 12.5 Å². The molecular formula is C11H10N2OS. The van der Waals surface area contributed by atoms with Crippen LogP contribution in [0.1, 0.15) is 15.5 Å². The predicted molar refractivity (Wildman–Crippen MR) is 60.8 cm³/mol. The van der Waals surface area contributed by atoms with Crippen molar-refractivity contribution in [1.29, 1.82) is 0 Å². The molecule has 0 atom stereocenters. The first kappa shape index (κ1) is 9.86. The molecule has 76 valence electrons. The van der Waals surface area contributed by atoms with Crippen LogP contribution in [0.25, 0.3) is 10.4 Å². The van der Waals surface area contributed by atoms with Crippen molar-refractivity contribution in [2.24, 2.45) is 5.73 Å². The Morgan fingerprint density at radius 1 is 1.33 bits per heavy atom. The third-order valence-corrected chi connectivity index (χ3v) is 3.02. The maximum atomic E-state index is 11.2. The number of nitrogens with two attached hydrogens (primary N) is 1. The van der Waals surface area contributed by atoms with Crippen molar-refractivity contribution in [3.63, 3.8) is 0 Å². The van der Waals surface area contributed by atoms with Crippen LogP contribution in [0.15, 0.2) is 30.3 Å². The monoisotopic (exact) mass is 218 g/mol. The van der Waals surface area contributed by atoms with Gasteiger partial charge < -0.3 is 5.73 Å². The van der Waals surface area contributed by atoms with Crippen LogP contribution in [0.4, 0.5) is 0 Å². The highest BCUT2D eigenvalue weighted by molar-refractivity contribution is 7.15. The highest BCUT2D eigenvalue weighted by Gasteiger charge is 2.14. The third-order valence-electron chi connectivity index (χ3n) is 2.00. The molecule has 2 N–H and O–H groups in total. The minimum atomic E-state index is -0.474. The van der Waals surface area contributed by atoms with E-state index in [1.54, 1.807) is 0 Å². The molecule has 1 amide bonds. The SMILES string of the molecule is Cc1nc(C(N)=O)c(-c2ccccc2)s1. The van der Waals surface area contributed by atoms with Gasteiger partial charge in [0.25, 0.3) is 5.91 Å². The number of carbonyl (C=O) groups is 1. The van der Waals surface area contributed by atoms with E-state index in [9.17, 15) is 4.79 Å². The predicted octanol–water partition coefficient (Wildman–Crippen LogP) is 2.22. The molecule has 0 aliphatic carbocycles. The first-order chi connectivity index (χ1) is 7.18. The Labute approximate surface area is 91.6 Å². The second-order valence-electron chi connectivity index (χ2n) is 3.14. The molecule has 2 aromatic rings. The van der Waals surface area contributed by atoms with Crippen molar-refractivity contribution in [3.05, 3.63) is 41.0 Å². The summed E-state index contributed by atoms with van der Waals surface area (Å²) in [7, 11) is 0. The average molecular weight is 218 g/mol. The fourth-order valence-electron chi connectivity index (χ4n) is 1.38. The number of primary amides is 1. The van der Waals surface area contributed by atoms with Gasteiger partial charge in [-0.3, -0.25) is 4.79 Å². The van der Waals surface area contributed by atoms with Crippen molar-refractivity contribution >= 4 is 17.2 Å². The van der Waals surface area contributed by atoms with Gasteiger partial charge in [0.2, 0.25) is 0 Å². The Kier molecular flexibility index (Phi) is 2.51. The fraction of sp³-hybridized carbons (Fsp3) is 0.0909. The average Bonchev–Trinajstić information content (AvgIpc) is 2.62. The summed E-state index contributed by atoms with van der Waals surface area (Å²) in [6.45, 7) is 1.86. The zero-order chi connectivity index (χ0) is 10.8. The quantitative estimate of drug-likeness (QED) is 0.840. The first-order valence-electron chi connectivity index (χ1n) is 4.51. The van der Waals surface area contributed by atoms with Gasteiger partial charge in [-0.1, -0.05) is 30.3 Å². The molecular weight excluding hydrogens is 208 g/mol. The van der Waals surface area contributed by atoms with Crippen LogP contribution in [0.5, 0.6) is 0 Å². The van der Waals surface area contributed by atoms with E-state index in [4.69, 9.17) is 5.73 Å². The molecule has 0 bridgehead atoms. The smallest absolute Gasteiger partial charge is 0.268 e. The molecule has 0 aliphatic heterocycles. The van der Waals surface area contributed by atoms with Gasteiger partial charge in [-0.2, -0.15) is 0 Å². The van der Waals surface area contributed by atoms with Crippen molar-refractivity contribution in [3.8, 4) is 10.4 Å². The van der Waals surface area contributed by atoms with Crippen molar-refractivity contribution < 1.29 is 4.79 Å². The van der Waals surface area contributed by atoms with Crippen LogP contribution in [0.3, 0.4) is 0 Å². The number of carbonyl (C=O) groups excluding carboxylic acids is 1. The van der Waals surface area contributed by atoms with E-state index < -0.39 is 5.91 Å². The van der Waals surface area contributed by atoms with E-state index in [-0.39, 0.29) is 0 Å². The van der Waals surface area contributed by atoms with Gasteiger partial charge in [0.1, 0.15) is 5.69 Å². The molecule has 0 aliphatic rings. The van der Waals surface area contributed by atoms with Crippen molar-refractivity contribution in [2.75, 3.05) is 0 Å². The molecule has 15 heavy (non-hydrogen) atoms. The molecule has 0 saturated carbocycles. The minimum Gasteiger partial charge on any atom is -0.364 e. The van der Waals surface area contributed by atoms with Gasteiger partial charge >= 0.3 is 0 Å². The summed E-state index contributed by atoms with van der Waals surface area (Å²) >= 11 is 1.48. The van der Waals surface area contributed by atoms with Gasteiger partial charge in [-0.25, -0.2) is 4.98 Å². The van der Waals surface area contributed by atoms with Gasteiger partial charge in [0, 0.05) is 0 Å². The zero-order valence-electron chi connectivity index (χ0n) is 8.23. The van der Waals surface area contributed by atoms with Crippen molar-refractivity contribution in [2.45, 2.75) is 6.92 Å². The van der Waals surface area contributed by atoms with Gasteiger partial charge in [-0.15, -0.1) is 11.3 Å². The topological polar surface area (TPSA) is 56.0 Å². The molecule has 4 heteroatoms. The van der Waals surface area contributed by atoms with Gasteiger partial charge in [0.15, 0.2) is 0 Å². The molecule has 0 unspecified atom stereocenters. The molecule has 1 aromatic carbocycles. The van der Waals surface area contributed by atoms with Crippen molar-refractivity contribution in [1.82, 2.24) is 4.98 Å². The Morgan fingerprint density at radius 2 is 2.00 bits per heavy atom. The second-order valence-corrected chi connectivity index (χ2v) is 4.34. The standard InChI is InChI=1S/C11H10N2OS/c1-7-13-9(11(12)14)10(15-7)8-5-3-2-4-6-8/h2-6H,1H3,(H2,12,14). The fourth-order valence-corrected chi connectivity index (χ4v) is 2.31. The first-order valence-corrected chi connectivity index (χ1v) is 5.33. The second kappa shape index (κ2) is 3.82. The molecule has 3 nitrogen and oxygen atoms in total. The van der Waals surface area contributed by atoms with E-state index in [1.807, 2.05) is 37.3 Å². The van der Waals surface area contributed by atoms with Crippen LogP contribution in [0, 0.1) is 6.92 Å². The lowest BCUT2D eigenvalue weighted by Crippen LogP contribution is -2.12. The van der Waals surface area contributed by atoms with Crippen LogP contribution >= 0.6 is 11.3 Å². The molecule has 0 fully saturated rings. The number of thiazole rings is 1. The lowest BCUT2D eigenvalue weighted by atomic mass is 10.1. The number of hydrogen-bond acceptors (Lipinski definition) is 3. The highest BCUT2D eigenvalue weighted by Crippen LogP contribution is 2.29. The summed E-state index contributed by atoms with van der Waals surface area (Å²) in [5, 5.41) is 0.850. The summed E-state index contributed by atoms with van der Waals surface area (Å²) in [5.41, 5.74) is 6.62. The Balaban J connectivity index is 2.58. The van der Waals surface area contributed by atoms with Crippen LogP contribution in [-0.2, 0) is 0 Å². The number of hydrogen-bond donors (Lipinski definition) is 1. The molecule has 0 radical (unpaired) electrons. The van der Waals surface area contributed by atoms with Crippen LogP contribution in [0.2, 0.25) is 0 Å². The third kappa shape index (κ3) is 1.89. The molecule has 0 spiro atoms. The lowest BCUT2D eigenvalue weighted by Gasteiger charge is -1.97. The molecule has 1 aromatic heterocycles. The van der Waals surface area contributed by atoms with E-state index in [1.165, 1.54) is 11.3 Å². The number of benzene rings is 1. The van der Waals surface area contributed by atoms with E-state index in [2.05, 4.69) is 4.98 Å². The summed E-state index contributed by atoms with van der Waals surface area (Å²) < 4.78 is 0.